The molecule has 0 spiro atoms. The number of methoxy groups -OCH3 is 1. The first-order chi connectivity index (χ1) is 17.9. The molecule has 10 nitrogen and oxygen atoms in total. The highest BCUT2D eigenvalue weighted by Gasteiger charge is 2.45. The molecule has 0 aromatic heterocycles. The Balaban J connectivity index is 1.67. The first-order valence-corrected chi connectivity index (χ1v) is 13.8. The maximum Gasteiger partial charge on any atom is 0.247 e. The Morgan fingerprint density at radius 1 is 1.24 bits per heavy atom. The number of amides is 2. The first kappa shape index (κ1) is 28.1. The molecule has 1 aromatic rings. The van der Waals surface area contributed by atoms with Gasteiger partial charge in [0.1, 0.15) is 12.2 Å². The van der Waals surface area contributed by atoms with Crippen LogP contribution in [0.1, 0.15) is 37.7 Å². The van der Waals surface area contributed by atoms with Crippen LogP contribution in [0.4, 0.5) is 0 Å². The lowest BCUT2D eigenvalue weighted by molar-refractivity contribution is -0.142. The van der Waals surface area contributed by atoms with Crippen LogP contribution in [0.15, 0.2) is 23.8 Å². The van der Waals surface area contributed by atoms with Crippen LogP contribution >= 0.6 is 22.6 Å². The van der Waals surface area contributed by atoms with Gasteiger partial charge in [0, 0.05) is 37.6 Å². The standard InChI is InChI=1S/C26H35IN2O8/c1-35-22-10-15(14-31)9-19(27)24(22)37-21-12-17(25(33)28-6-7-30)11-20(23(21)32)29(26(34)16-4-5-16)13-18-3-2-8-36-18/h9-10,12,16,18,20-21,23,30-32H,2-8,11,13-14H2,1H3,(H,28,33)/t18-,20-,21+,23+/m1/s1. The van der Waals surface area contributed by atoms with E-state index >= 15 is 0 Å². The average Bonchev–Trinajstić information content (AvgIpc) is 3.63. The minimum absolute atomic E-state index is 0.0326. The maximum absolute atomic E-state index is 13.4. The summed E-state index contributed by atoms with van der Waals surface area (Å²) in [6.45, 7) is 0.706. The topological polar surface area (TPSA) is 138 Å². The van der Waals surface area contributed by atoms with Crippen molar-refractivity contribution in [3.63, 3.8) is 0 Å². The summed E-state index contributed by atoms with van der Waals surface area (Å²) >= 11 is 2.07. The van der Waals surface area contributed by atoms with Crippen molar-refractivity contribution in [3.05, 3.63) is 32.9 Å². The summed E-state index contributed by atoms with van der Waals surface area (Å²) in [6.07, 6.45) is 2.95. The summed E-state index contributed by atoms with van der Waals surface area (Å²) in [4.78, 5) is 28.0. The van der Waals surface area contributed by atoms with Crippen LogP contribution in [-0.4, -0.2) is 89.8 Å². The number of aliphatic hydroxyl groups is 3. The van der Waals surface area contributed by atoms with Crippen LogP contribution in [0.25, 0.3) is 0 Å². The Labute approximate surface area is 230 Å². The first-order valence-electron chi connectivity index (χ1n) is 12.7. The summed E-state index contributed by atoms with van der Waals surface area (Å²) in [7, 11) is 1.49. The van der Waals surface area contributed by atoms with Gasteiger partial charge in [-0.15, -0.1) is 0 Å². The summed E-state index contributed by atoms with van der Waals surface area (Å²) in [6, 6.07) is 2.72. The molecule has 204 valence electrons. The summed E-state index contributed by atoms with van der Waals surface area (Å²) in [5.41, 5.74) is 1.02. The molecule has 1 aromatic carbocycles. The van der Waals surface area contributed by atoms with Crippen molar-refractivity contribution >= 4 is 34.4 Å². The van der Waals surface area contributed by atoms with Gasteiger partial charge in [-0.1, -0.05) is 0 Å². The van der Waals surface area contributed by atoms with Gasteiger partial charge in [-0.05, 0) is 72.0 Å². The van der Waals surface area contributed by atoms with Gasteiger partial charge in [-0.3, -0.25) is 9.59 Å². The lowest BCUT2D eigenvalue weighted by Gasteiger charge is -2.41. The highest BCUT2D eigenvalue weighted by Crippen LogP contribution is 2.38. The minimum Gasteiger partial charge on any atom is -0.493 e. The van der Waals surface area contributed by atoms with Crippen molar-refractivity contribution in [2.75, 3.05) is 33.4 Å². The number of carbonyl (C=O) groups is 2. The largest absolute Gasteiger partial charge is 0.493 e. The molecule has 1 saturated carbocycles. The van der Waals surface area contributed by atoms with E-state index in [1.807, 2.05) is 0 Å². The van der Waals surface area contributed by atoms with E-state index in [1.165, 1.54) is 7.11 Å². The van der Waals surface area contributed by atoms with E-state index < -0.39 is 18.2 Å². The van der Waals surface area contributed by atoms with E-state index in [1.54, 1.807) is 23.1 Å². The SMILES string of the molecule is COc1cc(CO)cc(I)c1O[C@H]1C=C(C(=O)NCCO)C[C@@H](N(C[C@H]2CCCO2)C(=O)C2CC2)[C@@H]1O. The second kappa shape index (κ2) is 12.7. The third kappa shape index (κ3) is 6.75. The van der Waals surface area contributed by atoms with Gasteiger partial charge in [-0.2, -0.15) is 0 Å². The number of rotatable bonds is 11. The van der Waals surface area contributed by atoms with Crippen molar-refractivity contribution in [3.8, 4) is 11.5 Å². The molecule has 2 fully saturated rings. The molecule has 2 aliphatic carbocycles. The molecule has 4 atom stereocenters. The zero-order valence-corrected chi connectivity index (χ0v) is 23.1. The Hall–Kier alpha value is -1.93. The second-order valence-electron chi connectivity index (χ2n) is 9.68. The number of benzene rings is 1. The average molecular weight is 630 g/mol. The van der Waals surface area contributed by atoms with Gasteiger partial charge < -0.3 is 39.7 Å². The number of hydrogen-bond acceptors (Lipinski definition) is 8. The normalized spacial score (nSPS) is 25.4. The van der Waals surface area contributed by atoms with E-state index in [9.17, 15) is 24.9 Å². The summed E-state index contributed by atoms with van der Waals surface area (Å²) in [5.74, 6) is 0.269. The van der Waals surface area contributed by atoms with Crippen LogP contribution in [0, 0.1) is 9.49 Å². The lowest BCUT2D eigenvalue weighted by atomic mass is 9.87. The molecule has 4 rings (SSSR count). The van der Waals surface area contributed by atoms with E-state index in [2.05, 4.69) is 27.9 Å². The monoisotopic (exact) mass is 630 g/mol. The van der Waals surface area contributed by atoms with Crippen molar-refractivity contribution in [2.24, 2.45) is 5.92 Å². The Morgan fingerprint density at radius 2 is 2.03 bits per heavy atom. The van der Waals surface area contributed by atoms with Crippen LogP contribution < -0.4 is 14.8 Å². The second-order valence-corrected chi connectivity index (χ2v) is 10.8. The van der Waals surface area contributed by atoms with Gasteiger partial charge in [-0.25, -0.2) is 0 Å². The van der Waals surface area contributed by atoms with Gasteiger partial charge >= 0.3 is 0 Å². The van der Waals surface area contributed by atoms with Crippen LogP contribution in [0.5, 0.6) is 11.5 Å². The third-order valence-electron chi connectivity index (χ3n) is 6.97. The van der Waals surface area contributed by atoms with Crippen molar-refractivity contribution < 1.29 is 39.1 Å². The number of nitrogens with one attached hydrogen (secondary N) is 1. The highest BCUT2D eigenvalue weighted by atomic mass is 127. The fourth-order valence-electron chi connectivity index (χ4n) is 4.86. The minimum atomic E-state index is -1.11. The number of aliphatic hydroxyl groups excluding tert-OH is 3. The molecule has 0 bridgehead atoms. The number of halogens is 1. The third-order valence-corrected chi connectivity index (χ3v) is 7.78. The molecule has 2 amide bonds. The van der Waals surface area contributed by atoms with E-state index in [4.69, 9.17) is 14.2 Å². The number of nitrogens with zero attached hydrogens (tertiary/aromatic N) is 1. The number of hydrogen-bond donors (Lipinski definition) is 4. The molecule has 11 heteroatoms. The molecule has 1 heterocycles. The predicted octanol–water partition coefficient (Wildman–Crippen LogP) is 1.13. The lowest BCUT2D eigenvalue weighted by Crippen LogP contribution is -2.57. The molecule has 1 aliphatic heterocycles. The van der Waals surface area contributed by atoms with E-state index in [0.717, 1.165) is 25.7 Å². The smallest absolute Gasteiger partial charge is 0.247 e. The molecule has 3 aliphatic rings. The van der Waals surface area contributed by atoms with Crippen molar-refractivity contribution in [2.45, 2.75) is 63.1 Å². The quantitative estimate of drug-likeness (QED) is 0.267. The van der Waals surface area contributed by atoms with Crippen LogP contribution in [0.3, 0.4) is 0 Å². The molecule has 0 radical (unpaired) electrons. The molecule has 1 saturated heterocycles. The molecule has 0 unspecified atom stereocenters. The van der Waals surface area contributed by atoms with Crippen LogP contribution in [0.2, 0.25) is 0 Å². The van der Waals surface area contributed by atoms with Gasteiger partial charge in [0.25, 0.3) is 0 Å². The molecule has 4 N–H and O–H groups in total. The summed E-state index contributed by atoms with van der Waals surface area (Å²) < 4.78 is 18.2. The zero-order chi connectivity index (χ0) is 26.5. The molecular formula is C26H35IN2O8. The van der Waals surface area contributed by atoms with Gasteiger partial charge in [0.2, 0.25) is 11.8 Å². The fraction of sp³-hybridized carbons (Fsp3) is 0.615. The summed E-state index contributed by atoms with van der Waals surface area (Å²) in [5, 5.41) is 33.0. The van der Waals surface area contributed by atoms with E-state index in [0.29, 0.717) is 39.4 Å². The number of ether oxygens (including phenoxy) is 3. The number of carbonyl (C=O) groups excluding carboxylic acids is 2. The molecular weight excluding hydrogens is 595 g/mol. The Bertz CT molecular complexity index is 1010. The fourth-order valence-corrected chi connectivity index (χ4v) is 5.65. The zero-order valence-electron chi connectivity index (χ0n) is 20.9. The maximum atomic E-state index is 13.4. The van der Waals surface area contributed by atoms with Crippen molar-refractivity contribution in [1.82, 2.24) is 10.2 Å². The molecule has 37 heavy (non-hydrogen) atoms. The van der Waals surface area contributed by atoms with Gasteiger partial charge in [0.05, 0.1) is 36.0 Å². The van der Waals surface area contributed by atoms with E-state index in [-0.39, 0.29) is 50.0 Å². The Kier molecular flexibility index (Phi) is 9.67. The van der Waals surface area contributed by atoms with Crippen LogP contribution in [-0.2, 0) is 20.9 Å². The van der Waals surface area contributed by atoms with Crippen molar-refractivity contribution in [1.29, 1.82) is 0 Å². The van der Waals surface area contributed by atoms with Gasteiger partial charge in [0.15, 0.2) is 11.5 Å². The highest BCUT2D eigenvalue weighted by molar-refractivity contribution is 14.1. The Morgan fingerprint density at radius 3 is 2.65 bits per heavy atom. The predicted molar refractivity (Wildman–Crippen MR) is 142 cm³/mol.